The lowest BCUT2D eigenvalue weighted by molar-refractivity contribution is 0.0815. The topological polar surface area (TPSA) is 21.3 Å². The number of ether oxygens (including phenoxy) is 1. The molecule has 0 aliphatic carbocycles. The molecule has 29 heavy (non-hydrogen) atoms. The van der Waals surface area contributed by atoms with Crippen molar-refractivity contribution in [1.29, 1.82) is 0 Å². The minimum absolute atomic E-state index is 0.0868. The minimum Gasteiger partial charge on any atom is -0.487 e. The van der Waals surface area contributed by atoms with Crippen molar-refractivity contribution in [3.8, 4) is 5.75 Å². The van der Waals surface area contributed by atoms with Gasteiger partial charge in [-0.25, -0.2) is 17.6 Å². The Hall–Kier alpha value is -2.76. The molecule has 1 heterocycles. The first-order valence-electron chi connectivity index (χ1n) is 9.51. The Labute approximate surface area is 168 Å². The van der Waals surface area contributed by atoms with Crippen molar-refractivity contribution >= 4 is 11.3 Å². The molecule has 2 aromatic carbocycles. The second-order valence-electron chi connectivity index (χ2n) is 6.44. The molecule has 2 nitrogen and oxygen atoms in total. The van der Waals surface area contributed by atoms with Gasteiger partial charge in [-0.15, -0.1) is 0 Å². The Bertz CT molecular complexity index is 855. The first-order chi connectivity index (χ1) is 13.9. The molecule has 0 aromatic heterocycles. The molecular formula is C23H25F4NO. The molecule has 0 radical (unpaired) electrons. The maximum atomic E-state index is 14.7. The Morgan fingerprint density at radius 3 is 2.24 bits per heavy atom. The molecule has 0 spiro atoms. The summed E-state index contributed by atoms with van der Waals surface area (Å²) in [5.74, 6) is -1.97. The van der Waals surface area contributed by atoms with Crippen LogP contribution in [0.1, 0.15) is 38.3 Å². The van der Waals surface area contributed by atoms with Gasteiger partial charge >= 0.3 is 0 Å². The van der Waals surface area contributed by atoms with Gasteiger partial charge in [0.2, 0.25) is 0 Å². The Morgan fingerprint density at radius 2 is 1.69 bits per heavy atom. The van der Waals surface area contributed by atoms with E-state index in [-0.39, 0.29) is 17.2 Å². The fraction of sp³-hybridized carbons (Fsp3) is 0.304. The highest BCUT2D eigenvalue weighted by Crippen LogP contribution is 2.39. The number of alkyl halides is 2. The first-order valence-corrected chi connectivity index (χ1v) is 9.51. The van der Waals surface area contributed by atoms with Gasteiger partial charge < -0.3 is 10.1 Å². The molecule has 1 aliphatic rings. The normalized spacial score (nSPS) is 16.3. The van der Waals surface area contributed by atoms with Crippen LogP contribution >= 0.6 is 0 Å². The van der Waals surface area contributed by atoms with Crippen molar-refractivity contribution in [2.24, 2.45) is 5.92 Å². The van der Waals surface area contributed by atoms with Gasteiger partial charge in [0.25, 0.3) is 6.43 Å². The maximum Gasteiger partial charge on any atom is 0.272 e. The zero-order chi connectivity index (χ0) is 21.6. The predicted molar refractivity (Wildman–Crippen MR) is 109 cm³/mol. The van der Waals surface area contributed by atoms with Crippen molar-refractivity contribution in [1.82, 2.24) is 5.32 Å². The monoisotopic (exact) mass is 407 g/mol. The summed E-state index contributed by atoms with van der Waals surface area (Å²) in [7, 11) is 0. The van der Waals surface area contributed by atoms with Gasteiger partial charge in [0, 0.05) is 17.8 Å². The van der Waals surface area contributed by atoms with Crippen LogP contribution in [0, 0.1) is 17.6 Å². The molecule has 2 aromatic rings. The van der Waals surface area contributed by atoms with Crippen LogP contribution in [0.15, 0.2) is 54.7 Å². The van der Waals surface area contributed by atoms with E-state index in [1.54, 1.807) is 0 Å². The fourth-order valence-electron chi connectivity index (χ4n) is 3.04. The van der Waals surface area contributed by atoms with Gasteiger partial charge in [-0.05, 0) is 23.5 Å². The van der Waals surface area contributed by atoms with Crippen molar-refractivity contribution in [2.45, 2.75) is 33.6 Å². The van der Waals surface area contributed by atoms with Crippen LogP contribution < -0.4 is 10.1 Å². The smallest absolute Gasteiger partial charge is 0.272 e. The van der Waals surface area contributed by atoms with E-state index in [2.05, 4.69) is 11.9 Å². The predicted octanol–water partition coefficient (Wildman–Crippen LogP) is 6.65. The summed E-state index contributed by atoms with van der Waals surface area (Å²) < 4.78 is 58.7. The van der Waals surface area contributed by atoms with Crippen LogP contribution in [0.5, 0.6) is 5.75 Å². The molecule has 0 saturated carbocycles. The van der Waals surface area contributed by atoms with E-state index in [1.165, 1.54) is 0 Å². The maximum absolute atomic E-state index is 14.7. The minimum atomic E-state index is -2.73. The Kier molecular flexibility index (Phi) is 7.88. The standard InChI is InChI=1S/C21H19F4NO.C2H6/c1-12-8-16(14-6-4-3-5-7-14)21(26-13(12)2)20-17(22)9-15(10-18(20)23)27-11-19(24)25;1-2/h3-7,9-10,12,19,26H,2,8,11H2,1H3;1-2H3. The molecule has 156 valence electrons. The van der Waals surface area contributed by atoms with Gasteiger partial charge in [0.05, 0.1) is 11.3 Å². The molecule has 1 aliphatic heterocycles. The van der Waals surface area contributed by atoms with E-state index >= 15 is 0 Å². The third-order valence-electron chi connectivity index (χ3n) is 4.46. The number of allylic oxidation sites excluding steroid dienone is 2. The number of benzene rings is 2. The Balaban J connectivity index is 0.00000145. The molecule has 0 saturated heterocycles. The van der Waals surface area contributed by atoms with Gasteiger partial charge in [0.1, 0.15) is 24.0 Å². The van der Waals surface area contributed by atoms with Gasteiger partial charge in [-0.2, -0.15) is 0 Å². The van der Waals surface area contributed by atoms with E-state index in [0.717, 1.165) is 23.3 Å². The summed E-state index contributed by atoms with van der Waals surface area (Å²) >= 11 is 0. The molecular weight excluding hydrogens is 382 g/mol. The third kappa shape index (κ3) is 5.40. The largest absolute Gasteiger partial charge is 0.487 e. The lowest BCUT2D eigenvalue weighted by Crippen LogP contribution is -2.25. The summed E-state index contributed by atoms with van der Waals surface area (Å²) in [6, 6.07) is 11.1. The van der Waals surface area contributed by atoms with E-state index in [4.69, 9.17) is 4.74 Å². The Morgan fingerprint density at radius 1 is 1.10 bits per heavy atom. The highest BCUT2D eigenvalue weighted by Gasteiger charge is 2.27. The SMILES string of the molecule is C=C1NC(c2c(F)cc(OCC(F)F)cc2F)=C(c2ccccc2)CC1C.CC. The van der Waals surface area contributed by atoms with Crippen LogP contribution in [0.3, 0.4) is 0 Å². The summed E-state index contributed by atoms with van der Waals surface area (Å²) in [6.07, 6.45) is -2.17. The van der Waals surface area contributed by atoms with Gasteiger partial charge in [0.15, 0.2) is 0 Å². The molecule has 1 N–H and O–H groups in total. The van der Waals surface area contributed by atoms with Crippen LogP contribution in [0.25, 0.3) is 11.3 Å². The lowest BCUT2D eigenvalue weighted by atomic mass is 9.86. The number of halogens is 4. The highest BCUT2D eigenvalue weighted by molar-refractivity contribution is 5.92. The lowest BCUT2D eigenvalue weighted by Gasteiger charge is -2.29. The van der Waals surface area contributed by atoms with E-state index in [0.29, 0.717) is 17.8 Å². The molecule has 3 rings (SSSR count). The van der Waals surface area contributed by atoms with Gasteiger partial charge in [-0.1, -0.05) is 57.7 Å². The number of rotatable bonds is 5. The van der Waals surface area contributed by atoms with Crippen LogP contribution in [-0.4, -0.2) is 13.0 Å². The molecule has 0 amide bonds. The number of hydrogen-bond donors (Lipinski definition) is 1. The molecule has 1 atom stereocenters. The molecule has 0 bridgehead atoms. The van der Waals surface area contributed by atoms with E-state index < -0.39 is 24.7 Å². The zero-order valence-electron chi connectivity index (χ0n) is 16.7. The third-order valence-corrected chi connectivity index (χ3v) is 4.46. The first kappa shape index (κ1) is 22.5. The summed E-state index contributed by atoms with van der Waals surface area (Å²) in [6.45, 7) is 8.97. The second-order valence-corrected chi connectivity index (χ2v) is 6.44. The van der Waals surface area contributed by atoms with Crippen molar-refractivity contribution in [3.05, 3.63) is 77.5 Å². The van der Waals surface area contributed by atoms with Gasteiger partial charge in [-0.3, -0.25) is 0 Å². The number of hydrogen-bond acceptors (Lipinski definition) is 2. The summed E-state index contributed by atoms with van der Waals surface area (Å²) in [5.41, 5.74) is 2.29. The highest BCUT2D eigenvalue weighted by atomic mass is 19.3. The van der Waals surface area contributed by atoms with Crippen molar-refractivity contribution in [2.75, 3.05) is 6.61 Å². The number of nitrogens with one attached hydrogen (secondary N) is 1. The second kappa shape index (κ2) is 10.1. The van der Waals surface area contributed by atoms with Crippen molar-refractivity contribution in [3.63, 3.8) is 0 Å². The van der Waals surface area contributed by atoms with Crippen molar-refractivity contribution < 1.29 is 22.3 Å². The average molecular weight is 407 g/mol. The summed E-state index contributed by atoms with van der Waals surface area (Å²) in [4.78, 5) is 0. The van der Waals surface area contributed by atoms with Crippen LogP contribution in [0.2, 0.25) is 0 Å². The average Bonchev–Trinajstić information content (AvgIpc) is 2.70. The molecule has 6 heteroatoms. The van der Waals surface area contributed by atoms with E-state index in [9.17, 15) is 17.6 Å². The van der Waals surface area contributed by atoms with Crippen LogP contribution in [0.4, 0.5) is 17.6 Å². The molecule has 0 fully saturated rings. The molecule has 1 unspecified atom stereocenters. The fourth-order valence-corrected chi connectivity index (χ4v) is 3.04. The zero-order valence-corrected chi connectivity index (χ0v) is 16.7. The van der Waals surface area contributed by atoms with Crippen LogP contribution in [-0.2, 0) is 0 Å². The summed E-state index contributed by atoms with van der Waals surface area (Å²) in [5, 5.41) is 3.03. The quantitative estimate of drug-likeness (QED) is 0.561. The van der Waals surface area contributed by atoms with E-state index in [1.807, 2.05) is 51.1 Å².